The second-order valence-corrected chi connectivity index (χ2v) is 5.77. The largest absolute Gasteiger partial charge is 0.368 e. The van der Waals surface area contributed by atoms with Gasteiger partial charge in [-0.1, -0.05) is 23.8 Å². The van der Waals surface area contributed by atoms with Crippen molar-refractivity contribution in [3.05, 3.63) is 42.1 Å². The molecule has 0 radical (unpaired) electrons. The predicted molar refractivity (Wildman–Crippen MR) is 85.3 cm³/mol. The molecule has 1 saturated carbocycles. The van der Waals surface area contributed by atoms with Gasteiger partial charge in [0.2, 0.25) is 0 Å². The third kappa shape index (κ3) is 3.57. The molecule has 4 nitrogen and oxygen atoms in total. The molecule has 112 valence electrons. The quantitative estimate of drug-likeness (QED) is 0.906. The van der Waals surface area contributed by atoms with Crippen LogP contribution in [0.3, 0.4) is 0 Å². The summed E-state index contributed by atoms with van der Waals surface area (Å²) in [4.78, 5) is 16.4. The van der Waals surface area contributed by atoms with Crippen LogP contribution >= 0.6 is 0 Å². The van der Waals surface area contributed by atoms with Gasteiger partial charge in [0.05, 0.1) is 0 Å². The molecule has 4 heteroatoms. The topological polar surface area (TPSA) is 35.6 Å². The molecule has 1 aromatic rings. The average molecular weight is 285 g/mol. The van der Waals surface area contributed by atoms with Crippen LogP contribution in [-0.4, -0.2) is 37.1 Å². The van der Waals surface area contributed by atoms with Crippen LogP contribution in [0.15, 0.2) is 42.1 Å². The fourth-order valence-corrected chi connectivity index (χ4v) is 3.04. The first-order valence-electron chi connectivity index (χ1n) is 7.86. The molecule has 1 aromatic carbocycles. The Kier molecular flexibility index (Phi) is 4.43. The lowest BCUT2D eigenvalue weighted by atomic mass is 10.2. The van der Waals surface area contributed by atoms with E-state index in [1.54, 1.807) is 0 Å². The summed E-state index contributed by atoms with van der Waals surface area (Å²) >= 11 is 0. The predicted octanol–water partition coefficient (Wildman–Crippen LogP) is 2.98. The summed E-state index contributed by atoms with van der Waals surface area (Å²) in [6.07, 6.45) is 6.73. The highest BCUT2D eigenvalue weighted by molar-refractivity contribution is 5.75. The molecular formula is C17H23N3O. The van der Waals surface area contributed by atoms with Crippen molar-refractivity contribution in [1.29, 1.82) is 0 Å². The smallest absolute Gasteiger partial charge is 0.321 e. The highest BCUT2D eigenvalue weighted by Crippen LogP contribution is 2.22. The standard InChI is InChI=1S/C17H23N3O/c21-17(18-14-15-6-4-5-7-15)20-12-10-19(11-13-20)16-8-2-1-3-9-16/h1-3,8-9,14H,4-7,10-13H2,(H,18,21). The van der Waals surface area contributed by atoms with Gasteiger partial charge in [-0.05, 0) is 37.8 Å². The third-order valence-corrected chi connectivity index (χ3v) is 4.33. The van der Waals surface area contributed by atoms with Crippen molar-refractivity contribution in [1.82, 2.24) is 10.2 Å². The summed E-state index contributed by atoms with van der Waals surface area (Å²) < 4.78 is 0. The first-order valence-corrected chi connectivity index (χ1v) is 7.86. The number of anilines is 1. The fraction of sp³-hybridized carbons (Fsp3) is 0.471. The summed E-state index contributed by atoms with van der Waals surface area (Å²) in [5.74, 6) is 0. The molecule has 1 saturated heterocycles. The Labute approximate surface area is 126 Å². The van der Waals surface area contributed by atoms with Gasteiger partial charge in [0.25, 0.3) is 0 Å². The van der Waals surface area contributed by atoms with Gasteiger partial charge in [0, 0.05) is 38.1 Å². The Morgan fingerprint density at radius 2 is 1.67 bits per heavy atom. The van der Waals surface area contributed by atoms with Crippen molar-refractivity contribution in [3.63, 3.8) is 0 Å². The normalized spacial score (nSPS) is 18.8. The van der Waals surface area contributed by atoms with Crippen molar-refractivity contribution in [2.45, 2.75) is 25.7 Å². The Morgan fingerprint density at radius 3 is 2.33 bits per heavy atom. The van der Waals surface area contributed by atoms with Crippen molar-refractivity contribution in [3.8, 4) is 0 Å². The molecule has 2 fully saturated rings. The van der Waals surface area contributed by atoms with Crippen LogP contribution < -0.4 is 10.2 Å². The summed E-state index contributed by atoms with van der Waals surface area (Å²) in [5, 5.41) is 2.96. The molecular weight excluding hydrogens is 262 g/mol. The minimum atomic E-state index is 0.0436. The average Bonchev–Trinajstić information content (AvgIpc) is 3.07. The van der Waals surface area contributed by atoms with E-state index < -0.39 is 0 Å². The van der Waals surface area contributed by atoms with Gasteiger partial charge in [0.15, 0.2) is 0 Å². The first-order chi connectivity index (χ1) is 10.3. The van der Waals surface area contributed by atoms with E-state index in [2.05, 4.69) is 34.5 Å². The minimum Gasteiger partial charge on any atom is -0.368 e. The van der Waals surface area contributed by atoms with Crippen LogP contribution in [0.1, 0.15) is 25.7 Å². The number of urea groups is 1. The Morgan fingerprint density at radius 1 is 1.00 bits per heavy atom. The maximum atomic E-state index is 12.1. The maximum Gasteiger partial charge on any atom is 0.321 e. The van der Waals surface area contributed by atoms with Crippen LogP contribution in [0.4, 0.5) is 10.5 Å². The third-order valence-electron chi connectivity index (χ3n) is 4.33. The number of piperazine rings is 1. The molecule has 0 unspecified atom stereocenters. The number of para-hydroxylation sites is 1. The van der Waals surface area contributed by atoms with E-state index >= 15 is 0 Å². The van der Waals surface area contributed by atoms with Gasteiger partial charge in [-0.15, -0.1) is 0 Å². The van der Waals surface area contributed by atoms with Crippen LogP contribution in [0.5, 0.6) is 0 Å². The van der Waals surface area contributed by atoms with E-state index in [4.69, 9.17) is 0 Å². The van der Waals surface area contributed by atoms with Gasteiger partial charge in [-0.3, -0.25) is 0 Å². The Hall–Kier alpha value is -1.97. The lowest BCUT2D eigenvalue weighted by Crippen LogP contribution is -2.51. The Balaban J connectivity index is 1.49. The molecule has 0 atom stereocenters. The second-order valence-electron chi connectivity index (χ2n) is 5.77. The molecule has 1 aliphatic carbocycles. The number of rotatable bonds is 2. The number of carbonyl (C=O) groups is 1. The van der Waals surface area contributed by atoms with Crippen molar-refractivity contribution in [2.75, 3.05) is 31.1 Å². The number of amides is 2. The van der Waals surface area contributed by atoms with E-state index in [-0.39, 0.29) is 6.03 Å². The number of benzene rings is 1. The molecule has 0 spiro atoms. The Bertz CT molecular complexity index is 496. The van der Waals surface area contributed by atoms with Crippen LogP contribution in [0, 0.1) is 0 Å². The fourth-order valence-electron chi connectivity index (χ4n) is 3.04. The van der Waals surface area contributed by atoms with Gasteiger partial charge in [-0.25, -0.2) is 4.79 Å². The van der Waals surface area contributed by atoms with Gasteiger partial charge in [0.1, 0.15) is 0 Å². The number of nitrogens with one attached hydrogen (secondary N) is 1. The zero-order valence-electron chi connectivity index (χ0n) is 12.4. The molecule has 1 heterocycles. The van der Waals surface area contributed by atoms with Gasteiger partial charge in [-0.2, -0.15) is 0 Å². The summed E-state index contributed by atoms with van der Waals surface area (Å²) in [6, 6.07) is 10.4. The van der Waals surface area contributed by atoms with Crippen LogP contribution in [0.2, 0.25) is 0 Å². The zero-order chi connectivity index (χ0) is 14.5. The van der Waals surface area contributed by atoms with Crippen molar-refractivity contribution >= 4 is 11.7 Å². The molecule has 0 aromatic heterocycles. The SMILES string of the molecule is O=C(NC=C1CCCC1)N1CCN(c2ccccc2)CC1. The lowest BCUT2D eigenvalue weighted by Gasteiger charge is -2.35. The van der Waals surface area contributed by atoms with E-state index in [1.807, 2.05) is 17.2 Å². The molecule has 3 rings (SSSR count). The molecule has 0 bridgehead atoms. The van der Waals surface area contributed by atoms with Gasteiger partial charge >= 0.3 is 6.03 Å². The second kappa shape index (κ2) is 6.66. The molecule has 1 N–H and O–H groups in total. The van der Waals surface area contributed by atoms with Crippen LogP contribution in [0.25, 0.3) is 0 Å². The van der Waals surface area contributed by atoms with E-state index in [0.717, 1.165) is 39.0 Å². The van der Waals surface area contributed by atoms with E-state index in [1.165, 1.54) is 24.1 Å². The molecule has 21 heavy (non-hydrogen) atoms. The first kappa shape index (κ1) is 14.0. The number of nitrogens with zero attached hydrogens (tertiary/aromatic N) is 2. The summed E-state index contributed by atoms with van der Waals surface area (Å²) in [7, 11) is 0. The maximum absolute atomic E-state index is 12.1. The van der Waals surface area contributed by atoms with Crippen molar-refractivity contribution in [2.24, 2.45) is 0 Å². The van der Waals surface area contributed by atoms with E-state index in [0.29, 0.717) is 0 Å². The van der Waals surface area contributed by atoms with E-state index in [9.17, 15) is 4.79 Å². The molecule has 2 amide bonds. The minimum absolute atomic E-state index is 0.0436. The van der Waals surface area contributed by atoms with Gasteiger partial charge < -0.3 is 15.1 Å². The molecule has 2 aliphatic rings. The van der Waals surface area contributed by atoms with Crippen LogP contribution in [-0.2, 0) is 0 Å². The zero-order valence-corrected chi connectivity index (χ0v) is 12.4. The number of carbonyl (C=O) groups excluding carboxylic acids is 1. The number of hydrogen-bond acceptors (Lipinski definition) is 2. The number of allylic oxidation sites excluding steroid dienone is 1. The van der Waals surface area contributed by atoms with Crippen molar-refractivity contribution < 1.29 is 4.79 Å². The lowest BCUT2D eigenvalue weighted by molar-refractivity contribution is 0.198. The highest BCUT2D eigenvalue weighted by atomic mass is 16.2. The highest BCUT2D eigenvalue weighted by Gasteiger charge is 2.20. The monoisotopic (exact) mass is 285 g/mol. The number of hydrogen-bond donors (Lipinski definition) is 1. The summed E-state index contributed by atoms with van der Waals surface area (Å²) in [5.41, 5.74) is 2.62. The summed E-state index contributed by atoms with van der Waals surface area (Å²) in [6.45, 7) is 3.36. The molecule has 1 aliphatic heterocycles.